The van der Waals surface area contributed by atoms with Crippen LogP contribution in [0.5, 0.6) is 0 Å². The van der Waals surface area contributed by atoms with Gasteiger partial charge >= 0.3 is 0 Å². The zero-order chi connectivity index (χ0) is 17.0. The summed E-state index contributed by atoms with van der Waals surface area (Å²) in [4.78, 5) is 17.2. The number of nitrogens with one attached hydrogen (secondary N) is 2. The molecule has 2 N–H and O–H groups in total. The van der Waals surface area contributed by atoms with Crippen LogP contribution < -0.4 is 10.0 Å². The van der Waals surface area contributed by atoms with E-state index in [1.807, 2.05) is 22.2 Å². The molecule has 0 aliphatic rings. The predicted molar refractivity (Wildman–Crippen MR) is 91.2 cm³/mol. The molecule has 0 saturated heterocycles. The van der Waals surface area contributed by atoms with Crippen LogP contribution in [0.1, 0.15) is 12.1 Å². The highest BCUT2D eigenvalue weighted by Crippen LogP contribution is 2.11. The van der Waals surface area contributed by atoms with Crippen molar-refractivity contribution in [2.75, 3.05) is 6.54 Å². The summed E-state index contributed by atoms with van der Waals surface area (Å²) in [5.74, 6) is -0.234. The van der Waals surface area contributed by atoms with Crippen molar-refractivity contribution in [1.29, 1.82) is 0 Å². The number of sulfonamides is 1. The van der Waals surface area contributed by atoms with E-state index in [4.69, 9.17) is 0 Å². The van der Waals surface area contributed by atoms with E-state index in [0.29, 0.717) is 6.54 Å². The molecule has 0 atom stereocenters. The lowest BCUT2D eigenvalue weighted by molar-refractivity contribution is -0.121. The van der Waals surface area contributed by atoms with E-state index in [2.05, 4.69) is 15.0 Å². The molecule has 24 heavy (non-hydrogen) atoms. The maximum atomic E-state index is 12.0. The highest BCUT2D eigenvalue weighted by atomic mass is 32.2. The molecule has 0 aliphatic carbocycles. The van der Waals surface area contributed by atoms with Crippen LogP contribution in [0, 0.1) is 0 Å². The van der Waals surface area contributed by atoms with Gasteiger partial charge in [-0.25, -0.2) is 18.1 Å². The second-order valence-electron chi connectivity index (χ2n) is 5.06. The predicted octanol–water partition coefficient (Wildman–Crippen LogP) is 1.38. The highest BCUT2D eigenvalue weighted by molar-refractivity contribution is 7.89. The lowest BCUT2D eigenvalue weighted by Crippen LogP contribution is -2.30. The van der Waals surface area contributed by atoms with Crippen LogP contribution in [0.2, 0.25) is 0 Å². The Morgan fingerprint density at radius 3 is 2.79 bits per heavy atom. The van der Waals surface area contributed by atoms with Crippen molar-refractivity contribution in [3.8, 4) is 0 Å². The molecule has 3 rings (SSSR count). The molecule has 9 heteroatoms. The standard InChI is InChI=1S/C15H16N4O3S2/c20-14(16-10-12-11-19-8-9-23-15(19)18-12)6-7-17-24(21,22)13-4-2-1-3-5-13/h1-5,8-9,11,17H,6-7,10H2,(H,16,20). The van der Waals surface area contributed by atoms with Crippen molar-refractivity contribution < 1.29 is 13.2 Å². The third-order valence-corrected chi connectivity index (χ3v) is 5.56. The van der Waals surface area contributed by atoms with Gasteiger partial charge in [-0.1, -0.05) is 18.2 Å². The minimum atomic E-state index is -3.58. The van der Waals surface area contributed by atoms with Gasteiger partial charge in [0.25, 0.3) is 0 Å². The fraction of sp³-hybridized carbons (Fsp3) is 0.200. The molecule has 0 bridgehead atoms. The minimum Gasteiger partial charge on any atom is -0.350 e. The Morgan fingerprint density at radius 2 is 2.04 bits per heavy atom. The number of carbonyl (C=O) groups excluding carboxylic acids is 1. The molecule has 0 fully saturated rings. The molecule has 1 amide bonds. The normalized spacial score (nSPS) is 11.7. The first kappa shape index (κ1) is 16.6. The van der Waals surface area contributed by atoms with Gasteiger partial charge in [0.1, 0.15) is 0 Å². The summed E-state index contributed by atoms with van der Waals surface area (Å²) >= 11 is 1.52. The van der Waals surface area contributed by atoms with Gasteiger partial charge in [-0.05, 0) is 12.1 Å². The fourth-order valence-electron chi connectivity index (χ4n) is 2.12. The third-order valence-electron chi connectivity index (χ3n) is 3.31. The van der Waals surface area contributed by atoms with Crippen molar-refractivity contribution in [3.05, 3.63) is 53.8 Å². The fourth-order valence-corrected chi connectivity index (χ4v) is 3.89. The van der Waals surface area contributed by atoms with Crippen molar-refractivity contribution in [2.45, 2.75) is 17.9 Å². The van der Waals surface area contributed by atoms with Gasteiger partial charge in [0.05, 0.1) is 17.1 Å². The van der Waals surface area contributed by atoms with Gasteiger partial charge in [-0.3, -0.25) is 9.20 Å². The first-order chi connectivity index (χ1) is 11.5. The average molecular weight is 364 g/mol. The highest BCUT2D eigenvalue weighted by Gasteiger charge is 2.13. The summed E-state index contributed by atoms with van der Waals surface area (Å²) in [7, 11) is -3.58. The van der Waals surface area contributed by atoms with E-state index < -0.39 is 10.0 Å². The first-order valence-electron chi connectivity index (χ1n) is 7.27. The monoisotopic (exact) mass is 364 g/mol. The molecule has 2 heterocycles. The van der Waals surface area contributed by atoms with Crippen molar-refractivity contribution in [2.24, 2.45) is 0 Å². The Kier molecular flexibility index (Phi) is 4.93. The molecule has 3 aromatic rings. The van der Waals surface area contributed by atoms with Crippen LogP contribution in [-0.4, -0.2) is 30.3 Å². The van der Waals surface area contributed by atoms with Crippen LogP contribution >= 0.6 is 11.3 Å². The zero-order valence-electron chi connectivity index (χ0n) is 12.7. The molecule has 0 radical (unpaired) electrons. The number of benzene rings is 1. The molecular weight excluding hydrogens is 348 g/mol. The van der Waals surface area contributed by atoms with E-state index >= 15 is 0 Å². The number of carbonyl (C=O) groups is 1. The number of imidazole rings is 1. The lowest BCUT2D eigenvalue weighted by atomic mass is 10.4. The number of aromatic nitrogens is 2. The van der Waals surface area contributed by atoms with Crippen LogP contribution in [0.15, 0.2) is 53.0 Å². The van der Waals surface area contributed by atoms with Gasteiger partial charge in [-0.2, -0.15) is 0 Å². The maximum Gasteiger partial charge on any atom is 0.240 e. The number of hydrogen-bond donors (Lipinski definition) is 2. The van der Waals surface area contributed by atoms with Crippen molar-refractivity contribution in [3.63, 3.8) is 0 Å². The molecule has 0 saturated carbocycles. The maximum absolute atomic E-state index is 12.0. The van der Waals surface area contributed by atoms with Crippen LogP contribution in [0.3, 0.4) is 0 Å². The zero-order valence-corrected chi connectivity index (χ0v) is 14.3. The number of amides is 1. The molecule has 2 aromatic heterocycles. The van der Waals surface area contributed by atoms with Crippen molar-refractivity contribution in [1.82, 2.24) is 19.4 Å². The van der Waals surface area contributed by atoms with Gasteiger partial charge in [0.15, 0.2) is 4.96 Å². The van der Waals surface area contributed by atoms with E-state index in [-0.39, 0.29) is 23.8 Å². The second-order valence-corrected chi connectivity index (χ2v) is 7.70. The Hall–Kier alpha value is -2.23. The topological polar surface area (TPSA) is 92.6 Å². The summed E-state index contributed by atoms with van der Waals surface area (Å²) in [5.41, 5.74) is 0.764. The van der Waals surface area contributed by atoms with E-state index in [1.165, 1.54) is 23.5 Å². The SMILES string of the molecule is O=C(CCNS(=O)(=O)c1ccccc1)NCc1cn2ccsc2n1. The van der Waals surface area contributed by atoms with E-state index in [9.17, 15) is 13.2 Å². The number of fused-ring (bicyclic) bond motifs is 1. The number of rotatable bonds is 7. The number of nitrogens with zero attached hydrogens (tertiary/aromatic N) is 2. The summed E-state index contributed by atoms with van der Waals surface area (Å²) in [6.45, 7) is 0.361. The van der Waals surface area contributed by atoms with Crippen molar-refractivity contribution >= 4 is 32.2 Å². The molecule has 0 aliphatic heterocycles. The molecule has 0 spiro atoms. The lowest BCUT2D eigenvalue weighted by Gasteiger charge is -2.07. The third kappa shape index (κ3) is 3.99. The van der Waals surface area contributed by atoms with Crippen LogP contribution in [0.25, 0.3) is 4.96 Å². The van der Waals surface area contributed by atoms with Gasteiger partial charge < -0.3 is 5.32 Å². The van der Waals surface area contributed by atoms with Crippen LogP contribution in [0.4, 0.5) is 0 Å². The smallest absolute Gasteiger partial charge is 0.240 e. The molecule has 0 unspecified atom stereocenters. The molecule has 126 valence electrons. The Morgan fingerprint density at radius 1 is 1.25 bits per heavy atom. The molecular formula is C15H16N4O3S2. The van der Waals surface area contributed by atoms with E-state index in [0.717, 1.165) is 10.7 Å². The Balaban J connectivity index is 1.45. The average Bonchev–Trinajstić information content (AvgIpc) is 3.15. The van der Waals surface area contributed by atoms with Gasteiger partial charge in [0, 0.05) is 30.7 Å². The van der Waals surface area contributed by atoms with E-state index in [1.54, 1.807) is 18.2 Å². The summed E-state index contributed by atoms with van der Waals surface area (Å²) < 4.78 is 28.3. The van der Waals surface area contributed by atoms with Crippen LogP contribution in [-0.2, 0) is 21.4 Å². The minimum absolute atomic E-state index is 0.0430. The Labute approximate surface area is 143 Å². The summed E-state index contributed by atoms with van der Waals surface area (Å²) in [6, 6.07) is 8.06. The quantitative estimate of drug-likeness (QED) is 0.662. The Bertz CT molecular complexity index is 903. The first-order valence-corrected chi connectivity index (χ1v) is 9.63. The molecule has 7 nitrogen and oxygen atoms in total. The number of hydrogen-bond acceptors (Lipinski definition) is 5. The molecule has 1 aromatic carbocycles. The summed E-state index contributed by atoms with van der Waals surface area (Å²) in [6.07, 6.45) is 3.81. The van der Waals surface area contributed by atoms with Gasteiger partial charge in [-0.15, -0.1) is 11.3 Å². The summed E-state index contributed by atoms with van der Waals surface area (Å²) in [5, 5.41) is 4.66. The largest absolute Gasteiger partial charge is 0.350 e. The second kappa shape index (κ2) is 7.12. The number of thiazole rings is 1. The van der Waals surface area contributed by atoms with Gasteiger partial charge in [0.2, 0.25) is 15.9 Å².